The van der Waals surface area contributed by atoms with E-state index in [1.807, 2.05) is 31.2 Å². The van der Waals surface area contributed by atoms with Crippen molar-refractivity contribution < 1.29 is 14.0 Å². The van der Waals surface area contributed by atoms with Crippen LogP contribution in [0, 0.1) is 6.92 Å². The van der Waals surface area contributed by atoms with E-state index in [4.69, 9.17) is 10.2 Å². The van der Waals surface area contributed by atoms with Gasteiger partial charge in [0.15, 0.2) is 5.76 Å². The summed E-state index contributed by atoms with van der Waals surface area (Å²) in [5.41, 5.74) is 9.50. The third kappa shape index (κ3) is 4.62. The predicted molar refractivity (Wildman–Crippen MR) is 103 cm³/mol. The molecular weight excluding hydrogens is 342 g/mol. The number of amides is 2. The zero-order valence-electron chi connectivity index (χ0n) is 15.0. The van der Waals surface area contributed by atoms with E-state index in [-0.39, 0.29) is 17.6 Å². The first-order chi connectivity index (χ1) is 13.1. The van der Waals surface area contributed by atoms with Crippen LogP contribution in [0.3, 0.4) is 0 Å². The van der Waals surface area contributed by atoms with E-state index in [9.17, 15) is 9.59 Å². The molecule has 0 aliphatic carbocycles. The summed E-state index contributed by atoms with van der Waals surface area (Å²) >= 11 is 0. The first-order valence-electron chi connectivity index (χ1n) is 8.58. The summed E-state index contributed by atoms with van der Waals surface area (Å²) in [5.74, 6) is -0.364. The minimum absolute atomic E-state index is 0.213. The molecule has 27 heavy (non-hydrogen) atoms. The summed E-state index contributed by atoms with van der Waals surface area (Å²) in [6.07, 6.45) is 1.44. The number of carbonyl (C=O) groups excluding carboxylic acids is 2. The van der Waals surface area contributed by atoms with E-state index < -0.39 is 0 Å². The molecule has 0 saturated heterocycles. The Hall–Kier alpha value is -3.38. The van der Waals surface area contributed by atoms with Gasteiger partial charge in [0.05, 0.1) is 6.26 Å². The van der Waals surface area contributed by atoms with E-state index in [1.165, 1.54) is 6.26 Å². The van der Waals surface area contributed by atoms with Gasteiger partial charge < -0.3 is 20.8 Å². The lowest BCUT2D eigenvalue weighted by Gasteiger charge is -2.11. The third-order valence-electron chi connectivity index (χ3n) is 4.20. The van der Waals surface area contributed by atoms with Crippen LogP contribution in [0.15, 0.2) is 65.3 Å². The summed E-state index contributed by atoms with van der Waals surface area (Å²) < 4.78 is 5.09. The molecule has 4 N–H and O–H groups in total. The van der Waals surface area contributed by atoms with Gasteiger partial charge in [-0.05, 0) is 47.9 Å². The lowest BCUT2D eigenvalue weighted by atomic mass is 10.1. The number of aryl methyl sites for hydroxylation is 1. The van der Waals surface area contributed by atoms with Gasteiger partial charge in [-0.1, -0.05) is 30.3 Å². The number of nitrogens with two attached hydrogens (primary N) is 1. The molecule has 2 aromatic carbocycles. The average Bonchev–Trinajstić information content (AvgIpc) is 3.23. The molecule has 0 bridgehead atoms. The quantitative estimate of drug-likeness (QED) is 0.626. The fourth-order valence-electron chi connectivity index (χ4n) is 2.57. The van der Waals surface area contributed by atoms with Crippen LogP contribution >= 0.6 is 0 Å². The van der Waals surface area contributed by atoms with Gasteiger partial charge in [0, 0.05) is 24.3 Å². The van der Waals surface area contributed by atoms with E-state index in [0.29, 0.717) is 24.3 Å². The molecule has 2 amide bonds. The molecule has 0 atom stereocenters. The molecule has 0 fully saturated rings. The van der Waals surface area contributed by atoms with Gasteiger partial charge in [-0.3, -0.25) is 9.59 Å². The molecule has 3 aromatic rings. The topological polar surface area (TPSA) is 97.4 Å². The Balaban J connectivity index is 1.66. The highest BCUT2D eigenvalue weighted by atomic mass is 16.3. The first kappa shape index (κ1) is 18.4. The van der Waals surface area contributed by atoms with Crippen molar-refractivity contribution in [1.29, 1.82) is 0 Å². The SMILES string of the molecule is Cc1ccc(C(=O)NCc2ccc(CN)cc2)cc1NC(=O)c1ccco1. The Morgan fingerprint density at radius 3 is 2.41 bits per heavy atom. The average molecular weight is 363 g/mol. The number of anilines is 1. The van der Waals surface area contributed by atoms with Crippen molar-refractivity contribution in [1.82, 2.24) is 5.32 Å². The maximum absolute atomic E-state index is 12.5. The minimum Gasteiger partial charge on any atom is -0.459 e. The molecular formula is C21H21N3O3. The Kier molecular flexibility index (Phi) is 5.68. The number of furan rings is 1. The largest absolute Gasteiger partial charge is 0.459 e. The highest BCUT2D eigenvalue weighted by Gasteiger charge is 2.13. The summed E-state index contributed by atoms with van der Waals surface area (Å²) in [6, 6.07) is 16.2. The highest BCUT2D eigenvalue weighted by molar-refractivity contribution is 6.03. The molecule has 6 heteroatoms. The third-order valence-corrected chi connectivity index (χ3v) is 4.20. The normalized spacial score (nSPS) is 10.4. The molecule has 0 aliphatic rings. The smallest absolute Gasteiger partial charge is 0.291 e. The van der Waals surface area contributed by atoms with E-state index in [2.05, 4.69) is 10.6 Å². The zero-order valence-corrected chi connectivity index (χ0v) is 15.0. The van der Waals surface area contributed by atoms with Crippen LogP contribution in [0.25, 0.3) is 0 Å². The monoisotopic (exact) mass is 363 g/mol. The van der Waals surface area contributed by atoms with Gasteiger partial charge in [-0.15, -0.1) is 0 Å². The summed E-state index contributed by atoms with van der Waals surface area (Å²) in [6.45, 7) is 2.76. The fraction of sp³-hybridized carbons (Fsp3) is 0.143. The van der Waals surface area contributed by atoms with Crippen molar-refractivity contribution in [3.8, 4) is 0 Å². The van der Waals surface area contributed by atoms with Gasteiger partial charge in [-0.2, -0.15) is 0 Å². The first-order valence-corrected chi connectivity index (χ1v) is 8.58. The Morgan fingerprint density at radius 1 is 1.00 bits per heavy atom. The second-order valence-electron chi connectivity index (χ2n) is 6.16. The Labute approximate surface area is 157 Å². The second-order valence-corrected chi connectivity index (χ2v) is 6.16. The lowest BCUT2D eigenvalue weighted by Crippen LogP contribution is -2.23. The number of carbonyl (C=O) groups is 2. The van der Waals surface area contributed by atoms with Gasteiger partial charge >= 0.3 is 0 Å². The number of hydrogen-bond donors (Lipinski definition) is 3. The maximum Gasteiger partial charge on any atom is 0.291 e. The molecule has 6 nitrogen and oxygen atoms in total. The van der Waals surface area contributed by atoms with Gasteiger partial charge in [0.25, 0.3) is 11.8 Å². The number of nitrogens with one attached hydrogen (secondary N) is 2. The molecule has 3 rings (SSSR count). The molecule has 0 radical (unpaired) electrons. The fourth-order valence-corrected chi connectivity index (χ4v) is 2.57. The summed E-state index contributed by atoms with van der Waals surface area (Å²) in [4.78, 5) is 24.6. The molecule has 138 valence electrons. The van der Waals surface area contributed by atoms with Crippen LogP contribution < -0.4 is 16.4 Å². The maximum atomic E-state index is 12.5. The number of rotatable bonds is 6. The highest BCUT2D eigenvalue weighted by Crippen LogP contribution is 2.18. The summed E-state index contributed by atoms with van der Waals surface area (Å²) in [5, 5.41) is 5.65. The lowest BCUT2D eigenvalue weighted by molar-refractivity contribution is 0.0949. The Bertz CT molecular complexity index is 932. The van der Waals surface area contributed by atoms with Crippen LogP contribution in [-0.2, 0) is 13.1 Å². The van der Waals surface area contributed by atoms with Crippen LogP contribution in [0.5, 0.6) is 0 Å². The molecule has 1 heterocycles. The zero-order chi connectivity index (χ0) is 19.2. The Morgan fingerprint density at radius 2 is 1.74 bits per heavy atom. The second kappa shape index (κ2) is 8.33. The molecule has 1 aromatic heterocycles. The van der Waals surface area contributed by atoms with Gasteiger partial charge in [-0.25, -0.2) is 0 Å². The summed E-state index contributed by atoms with van der Waals surface area (Å²) in [7, 11) is 0. The molecule has 0 aliphatic heterocycles. The van der Waals surface area contributed by atoms with Crippen molar-refractivity contribution in [3.63, 3.8) is 0 Å². The molecule has 0 spiro atoms. The van der Waals surface area contributed by atoms with E-state index >= 15 is 0 Å². The van der Waals surface area contributed by atoms with Crippen molar-refractivity contribution >= 4 is 17.5 Å². The van der Waals surface area contributed by atoms with Gasteiger partial charge in [0.1, 0.15) is 0 Å². The van der Waals surface area contributed by atoms with E-state index in [0.717, 1.165) is 16.7 Å². The van der Waals surface area contributed by atoms with Crippen molar-refractivity contribution in [2.75, 3.05) is 5.32 Å². The standard InChI is InChI=1S/C21H21N3O3/c1-14-4-9-17(11-18(14)24-21(26)19-3-2-10-27-19)20(25)23-13-16-7-5-15(12-22)6-8-16/h2-11H,12-13,22H2,1H3,(H,23,25)(H,24,26). The number of benzene rings is 2. The molecule has 0 saturated carbocycles. The van der Waals surface area contributed by atoms with Crippen molar-refractivity contribution in [3.05, 3.63) is 88.9 Å². The van der Waals surface area contributed by atoms with Crippen LogP contribution in [-0.4, -0.2) is 11.8 Å². The molecule has 0 unspecified atom stereocenters. The van der Waals surface area contributed by atoms with E-state index in [1.54, 1.807) is 30.3 Å². The number of hydrogen-bond acceptors (Lipinski definition) is 4. The van der Waals surface area contributed by atoms with Crippen LogP contribution in [0.1, 0.15) is 37.6 Å². The predicted octanol–water partition coefficient (Wildman–Crippen LogP) is 3.23. The van der Waals surface area contributed by atoms with Crippen LogP contribution in [0.4, 0.5) is 5.69 Å². The van der Waals surface area contributed by atoms with Crippen LogP contribution in [0.2, 0.25) is 0 Å². The van der Waals surface area contributed by atoms with Crippen molar-refractivity contribution in [2.24, 2.45) is 5.73 Å². The minimum atomic E-state index is -0.361. The van der Waals surface area contributed by atoms with Crippen molar-refractivity contribution in [2.45, 2.75) is 20.0 Å². The van der Waals surface area contributed by atoms with Gasteiger partial charge in [0.2, 0.25) is 0 Å².